The molecule has 0 atom stereocenters. The summed E-state index contributed by atoms with van der Waals surface area (Å²) in [6, 6.07) is 42.8. The largest absolute Gasteiger partial charge is 0.488 e. The Hall–Kier alpha value is -7.27. The summed E-state index contributed by atoms with van der Waals surface area (Å²) in [6.45, 7) is 0.415. The van der Waals surface area contributed by atoms with Gasteiger partial charge in [0.1, 0.15) is 30.3 Å². The van der Waals surface area contributed by atoms with Crippen LogP contribution in [0.2, 0.25) is 0 Å². The molecule has 1 aromatic heterocycles. The van der Waals surface area contributed by atoms with Crippen molar-refractivity contribution in [2.45, 2.75) is 19.6 Å². The molecule has 0 bridgehead atoms. The lowest BCUT2D eigenvalue weighted by atomic mass is 9.97. The lowest BCUT2D eigenvalue weighted by Gasteiger charge is -2.17. The van der Waals surface area contributed by atoms with Gasteiger partial charge in [-0.1, -0.05) is 103 Å². The first-order chi connectivity index (χ1) is 26.3. The van der Waals surface area contributed by atoms with E-state index in [0.29, 0.717) is 33.8 Å². The van der Waals surface area contributed by atoms with Crippen LogP contribution >= 0.6 is 0 Å². The van der Waals surface area contributed by atoms with E-state index in [1.807, 2.05) is 72.8 Å². The summed E-state index contributed by atoms with van der Waals surface area (Å²) in [7, 11) is 0. The van der Waals surface area contributed by atoms with Crippen LogP contribution in [0.1, 0.15) is 38.3 Å². The van der Waals surface area contributed by atoms with Gasteiger partial charge in [-0.25, -0.2) is 14.6 Å². The van der Waals surface area contributed by atoms with Crippen molar-refractivity contribution < 1.29 is 33.8 Å². The summed E-state index contributed by atoms with van der Waals surface area (Å²) < 4.78 is 11.4. The number of carboxylic acids is 1. The third-order valence-corrected chi connectivity index (χ3v) is 8.19. The van der Waals surface area contributed by atoms with E-state index >= 15 is 0 Å². The molecule has 0 fully saturated rings. The minimum Gasteiger partial charge on any atom is -0.488 e. The molecule has 0 saturated carbocycles. The fraction of sp³-hybridized carbons (Fsp3) is 0.0930. The molecule has 0 aliphatic heterocycles. The number of alkyl carbamates (subject to hydrolysis) is 1. The number of ether oxygens (including phenoxy) is 2. The van der Waals surface area contributed by atoms with Gasteiger partial charge in [-0.15, -0.1) is 0 Å². The fourth-order valence-corrected chi connectivity index (χ4v) is 5.57. The molecule has 6 aromatic rings. The number of anilines is 2. The van der Waals surface area contributed by atoms with Crippen molar-refractivity contribution in [1.82, 2.24) is 10.3 Å². The van der Waals surface area contributed by atoms with Crippen molar-refractivity contribution in [3.8, 4) is 28.1 Å². The smallest absolute Gasteiger partial charge is 0.407 e. The number of amides is 3. The normalized spacial score (nSPS) is 10.5. The standard InChI is InChI=1S/C43H36N4O7/c48-38(23-24-44-43(52)54-28-30-15-6-2-7-16-30)45-33-20-12-19-32(25-33)35-26-36(34-21-10-11-22-37(34)53-27-29-13-4-1-5-14-29)46-40(39(35)42(50)51)47-41(49)31-17-8-3-9-18-31/h1-22,25-26H,23-24,27-28H2,(H,44,52)(H,45,48)(H,50,51)(H,46,47,49). The number of hydrogen-bond acceptors (Lipinski definition) is 7. The molecule has 0 saturated heterocycles. The van der Waals surface area contributed by atoms with Crippen LogP contribution < -0.4 is 20.7 Å². The number of hydrogen-bond donors (Lipinski definition) is 4. The van der Waals surface area contributed by atoms with Crippen LogP contribution in [0.25, 0.3) is 22.4 Å². The highest BCUT2D eigenvalue weighted by molar-refractivity contribution is 6.10. The molecule has 0 aliphatic rings. The summed E-state index contributed by atoms with van der Waals surface area (Å²) in [4.78, 5) is 56.0. The molecule has 0 unspecified atom stereocenters. The molecule has 11 nitrogen and oxygen atoms in total. The average Bonchev–Trinajstić information content (AvgIpc) is 3.20. The van der Waals surface area contributed by atoms with Gasteiger partial charge < -0.3 is 30.5 Å². The number of nitrogens with zero attached hydrogens (tertiary/aromatic N) is 1. The van der Waals surface area contributed by atoms with Crippen molar-refractivity contribution in [3.63, 3.8) is 0 Å². The molecule has 0 spiro atoms. The molecule has 6 rings (SSSR count). The van der Waals surface area contributed by atoms with Gasteiger partial charge in [0.25, 0.3) is 5.91 Å². The van der Waals surface area contributed by atoms with E-state index < -0.39 is 18.0 Å². The van der Waals surface area contributed by atoms with Gasteiger partial charge in [-0.3, -0.25) is 9.59 Å². The predicted molar refractivity (Wildman–Crippen MR) is 205 cm³/mol. The summed E-state index contributed by atoms with van der Waals surface area (Å²) in [6.07, 6.45) is -0.689. The molecule has 0 aliphatic carbocycles. The summed E-state index contributed by atoms with van der Waals surface area (Å²) >= 11 is 0. The summed E-state index contributed by atoms with van der Waals surface area (Å²) in [5, 5.41) is 18.6. The number of aromatic nitrogens is 1. The highest BCUT2D eigenvalue weighted by atomic mass is 16.5. The quantitative estimate of drug-likeness (QED) is 0.0878. The van der Waals surface area contributed by atoms with Crippen molar-refractivity contribution in [2.75, 3.05) is 17.2 Å². The molecule has 0 radical (unpaired) electrons. The van der Waals surface area contributed by atoms with E-state index in [0.717, 1.165) is 11.1 Å². The lowest BCUT2D eigenvalue weighted by Crippen LogP contribution is -2.28. The second kappa shape index (κ2) is 17.8. The molecule has 3 amide bonds. The second-order valence-corrected chi connectivity index (χ2v) is 12.0. The molecule has 5 aromatic carbocycles. The lowest BCUT2D eigenvalue weighted by molar-refractivity contribution is -0.116. The van der Waals surface area contributed by atoms with Crippen LogP contribution in [0.3, 0.4) is 0 Å². The van der Waals surface area contributed by atoms with E-state index in [1.54, 1.807) is 72.8 Å². The highest BCUT2D eigenvalue weighted by Gasteiger charge is 2.24. The maximum Gasteiger partial charge on any atom is 0.407 e. The number of rotatable bonds is 14. The molecular formula is C43H36N4O7. The van der Waals surface area contributed by atoms with Crippen LogP contribution in [0.15, 0.2) is 146 Å². The SMILES string of the molecule is O=C(CCNC(=O)OCc1ccccc1)Nc1cccc(-c2cc(-c3ccccc3OCc3ccccc3)nc(NC(=O)c3ccccc3)c2C(=O)O)c1. The Bertz CT molecular complexity index is 2250. The first kappa shape index (κ1) is 36.5. The van der Waals surface area contributed by atoms with E-state index in [1.165, 1.54) is 0 Å². The van der Waals surface area contributed by atoms with Gasteiger partial charge in [0, 0.05) is 35.3 Å². The number of nitrogens with one attached hydrogen (secondary N) is 3. The van der Waals surface area contributed by atoms with E-state index in [4.69, 9.17) is 9.47 Å². The van der Waals surface area contributed by atoms with Gasteiger partial charge >= 0.3 is 12.1 Å². The molecule has 11 heteroatoms. The third kappa shape index (κ3) is 9.74. The predicted octanol–water partition coefficient (Wildman–Crippen LogP) is 8.20. The van der Waals surface area contributed by atoms with Gasteiger partial charge in [0.2, 0.25) is 5.91 Å². The van der Waals surface area contributed by atoms with Crippen LogP contribution in [0, 0.1) is 0 Å². The van der Waals surface area contributed by atoms with Gasteiger partial charge in [-0.05, 0) is 59.2 Å². The monoisotopic (exact) mass is 720 g/mol. The number of para-hydroxylation sites is 1. The van der Waals surface area contributed by atoms with Crippen LogP contribution in [0.4, 0.5) is 16.3 Å². The van der Waals surface area contributed by atoms with Crippen LogP contribution in [0.5, 0.6) is 5.75 Å². The van der Waals surface area contributed by atoms with Crippen LogP contribution in [-0.4, -0.2) is 40.5 Å². The minimum absolute atomic E-state index is 0.0340. The number of carboxylic acid groups (broad SMARTS) is 1. The van der Waals surface area contributed by atoms with Crippen molar-refractivity contribution in [2.24, 2.45) is 0 Å². The van der Waals surface area contributed by atoms with Crippen molar-refractivity contribution >= 4 is 35.4 Å². The van der Waals surface area contributed by atoms with E-state index in [2.05, 4.69) is 20.9 Å². The van der Waals surface area contributed by atoms with E-state index in [-0.39, 0.29) is 49.0 Å². The fourth-order valence-electron chi connectivity index (χ4n) is 5.57. The molecular weight excluding hydrogens is 684 g/mol. The van der Waals surface area contributed by atoms with Gasteiger partial charge in [0.15, 0.2) is 0 Å². The number of carbonyl (C=O) groups is 4. The van der Waals surface area contributed by atoms with Crippen molar-refractivity contribution in [1.29, 1.82) is 0 Å². The summed E-state index contributed by atoms with van der Waals surface area (Å²) in [5.74, 6) is -1.91. The zero-order chi connectivity index (χ0) is 37.7. The zero-order valence-electron chi connectivity index (χ0n) is 29.0. The maximum atomic E-state index is 13.4. The second-order valence-electron chi connectivity index (χ2n) is 12.0. The number of benzene rings is 5. The average molecular weight is 721 g/mol. The topological polar surface area (TPSA) is 156 Å². The van der Waals surface area contributed by atoms with Crippen molar-refractivity contribution in [3.05, 3.63) is 168 Å². The molecule has 54 heavy (non-hydrogen) atoms. The number of pyridine rings is 1. The Balaban J connectivity index is 1.27. The van der Waals surface area contributed by atoms with E-state index in [9.17, 15) is 24.3 Å². The van der Waals surface area contributed by atoms with Gasteiger partial charge in [-0.2, -0.15) is 0 Å². The number of aromatic carboxylic acids is 1. The Labute approximate surface area is 311 Å². The Morgan fingerprint density at radius 1 is 0.648 bits per heavy atom. The first-order valence-corrected chi connectivity index (χ1v) is 17.1. The zero-order valence-corrected chi connectivity index (χ0v) is 29.0. The van der Waals surface area contributed by atoms with Gasteiger partial charge in [0.05, 0.1) is 5.69 Å². The number of carbonyl (C=O) groups excluding carboxylic acids is 3. The molecule has 1 heterocycles. The maximum absolute atomic E-state index is 13.4. The molecule has 4 N–H and O–H groups in total. The first-order valence-electron chi connectivity index (χ1n) is 17.1. The minimum atomic E-state index is -1.32. The third-order valence-electron chi connectivity index (χ3n) is 8.19. The summed E-state index contributed by atoms with van der Waals surface area (Å²) in [5.41, 5.74) is 3.86. The Morgan fingerprint density at radius 3 is 2.00 bits per heavy atom. The Kier molecular flexibility index (Phi) is 12.0. The highest BCUT2D eigenvalue weighted by Crippen LogP contribution is 2.37. The Morgan fingerprint density at radius 2 is 1.30 bits per heavy atom. The molecule has 270 valence electrons. The van der Waals surface area contributed by atoms with Crippen LogP contribution in [-0.2, 0) is 22.7 Å².